The molecule has 1 aliphatic rings. The molecule has 4 nitrogen and oxygen atoms in total. The van der Waals surface area contributed by atoms with E-state index in [0.717, 1.165) is 38.6 Å². The highest BCUT2D eigenvalue weighted by Gasteiger charge is 2.17. The molecule has 0 aromatic heterocycles. The van der Waals surface area contributed by atoms with Gasteiger partial charge in [-0.15, -0.1) is 24.0 Å². The van der Waals surface area contributed by atoms with Gasteiger partial charge in [0.15, 0.2) is 5.96 Å². The fourth-order valence-electron chi connectivity index (χ4n) is 2.07. The second kappa shape index (κ2) is 9.83. The van der Waals surface area contributed by atoms with Crippen LogP contribution in [0.25, 0.3) is 0 Å². The van der Waals surface area contributed by atoms with Crippen LogP contribution < -0.4 is 5.73 Å². The smallest absolute Gasteiger partial charge is 0.191 e. The molecule has 0 aromatic carbocycles. The van der Waals surface area contributed by atoms with E-state index >= 15 is 0 Å². The molecule has 1 saturated heterocycles. The molecule has 0 bridgehead atoms. The molecule has 0 aromatic rings. The number of piperidine rings is 1. The maximum atomic E-state index is 5.99. The van der Waals surface area contributed by atoms with Gasteiger partial charge < -0.3 is 15.4 Å². The second-order valence-corrected chi connectivity index (χ2v) is 5.21. The molecular formula is C13H28IN3O. The molecule has 0 radical (unpaired) electrons. The number of aliphatic imine (C=N–C) groups is 1. The molecule has 1 fully saturated rings. The Kier molecular flexibility index (Phi) is 9.81. The Hall–Kier alpha value is -0.0400. The van der Waals surface area contributed by atoms with Crippen molar-refractivity contribution in [2.24, 2.45) is 16.6 Å². The van der Waals surface area contributed by atoms with Crippen LogP contribution in [0.4, 0.5) is 0 Å². The lowest BCUT2D eigenvalue weighted by molar-refractivity contribution is 0.0782. The van der Waals surface area contributed by atoms with E-state index in [4.69, 9.17) is 10.5 Å². The van der Waals surface area contributed by atoms with Gasteiger partial charge in [0.1, 0.15) is 0 Å². The number of rotatable bonds is 5. The van der Waals surface area contributed by atoms with E-state index in [-0.39, 0.29) is 24.0 Å². The van der Waals surface area contributed by atoms with Gasteiger partial charge in [0.2, 0.25) is 0 Å². The van der Waals surface area contributed by atoms with Gasteiger partial charge >= 0.3 is 0 Å². The molecule has 18 heavy (non-hydrogen) atoms. The van der Waals surface area contributed by atoms with Crippen LogP contribution in [0.3, 0.4) is 0 Å². The summed E-state index contributed by atoms with van der Waals surface area (Å²) >= 11 is 0. The molecule has 0 aliphatic carbocycles. The predicted octanol–water partition coefficient (Wildman–Crippen LogP) is 2.47. The highest BCUT2D eigenvalue weighted by atomic mass is 127. The Morgan fingerprint density at radius 3 is 2.83 bits per heavy atom. The van der Waals surface area contributed by atoms with Gasteiger partial charge in [0.25, 0.3) is 0 Å². The standard InChI is InChI=1S/C13H27N3O.HI/c1-11(2)17-9-5-7-15-13(14)16-8-4-6-12(3)10-16;/h11-12H,4-10H2,1-3H3,(H2,14,15);1H. The van der Waals surface area contributed by atoms with Crippen molar-refractivity contribution in [3.05, 3.63) is 0 Å². The zero-order chi connectivity index (χ0) is 12.7. The molecule has 1 rings (SSSR count). The number of hydrogen-bond donors (Lipinski definition) is 1. The monoisotopic (exact) mass is 369 g/mol. The van der Waals surface area contributed by atoms with E-state index in [0.29, 0.717) is 12.1 Å². The van der Waals surface area contributed by atoms with Crippen molar-refractivity contribution in [3.63, 3.8) is 0 Å². The summed E-state index contributed by atoms with van der Waals surface area (Å²) < 4.78 is 5.46. The number of likely N-dealkylation sites (tertiary alicyclic amines) is 1. The van der Waals surface area contributed by atoms with E-state index in [1.165, 1.54) is 12.8 Å². The lowest BCUT2D eigenvalue weighted by atomic mass is 10.0. The minimum Gasteiger partial charge on any atom is -0.379 e. The lowest BCUT2D eigenvalue weighted by Gasteiger charge is -2.31. The number of guanidine groups is 1. The maximum Gasteiger partial charge on any atom is 0.191 e. The fourth-order valence-corrected chi connectivity index (χ4v) is 2.07. The van der Waals surface area contributed by atoms with E-state index in [1.807, 2.05) is 13.8 Å². The quantitative estimate of drug-likeness (QED) is 0.351. The van der Waals surface area contributed by atoms with Gasteiger partial charge in [0.05, 0.1) is 6.10 Å². The number of ether oxygens (including phenoxy) is 1. The van der Waals surface area contributed by atoms with Crippen molar-refractivity contribution < 1.29 is 4.74 Å². The van der Waals surface area contributed by atoms with Crippen molar-refractivity contribution in [1.29, 1.82) is 0 Å². The molecule has 1 heterocycles. The zero-order valence-electron chi connectivity index (χ0n) is 11.9. The van der Waals surface area contributed by atoms with Gasteiger partial charge in [-0.1, -0.05) is 6.92 Å². The highest BCUT2D eigenvalue weighted by molar-refractivity contribution is 14.0. The Bertz CT molecular complexity index is 246. The van der Waals surface area contributed by atoms with Gasteiger partial charge in [-0.05, 0) is 39.0 Å². The third-order valence-corrected chi connectivity index (χ3v) is 3.01. The predicted molar refractivity (Wildman–Crippen MR) is 87.6 cm³/mol. The van der Waals surface area contributed by atoms with Crippen molar-refractivity contribution >= 4 is 29.9 Å². The first-order valence-corrected chi connectivity index (χ1v) is 6.76. The third-order valence-electron chi connectivity index (χ3n) is 3.01. The minimum absolute atomic E-state index is 0. The van der Waals surface area contributed by atoms with Crippen molar-refractivity contribution in [2.45, 2.75) is 46.1 Å². The average Bonchev–Trinajstić information content (AvgIpc) is 2.28. The van der Waals surface area contributed by atoms with Gasteiger partial charge in [-0.25, -0.2) is 0 Å². The molecule has 0 spiro atoms. The number of halogens is 1. The number of hydrogen-bond acceptors (Lipinski definition) is 2. The first kappa shape index (κ1) is 18.0. The first-order chi connectivity index (χ1) is 8.09. The Morgan fingerprint density at radius 2 is 2.22 bits per heavy atom. The van der Waals surface area contributed by atoms with Crippen LogP contribution in [0.5, 0.6) is 0 Å². The molecule has 5 heteroatoms. The average molecular weight is 369 g/mol. The van der Waals surface area contributed by atoms with Crippen LogP contribution >= 0.6 is 24.0 Å². The van der Waals surface area contributed by atoms with E-state index in [9.17, 15) is 0 Å². The molecule has 2 N–H and O–H groups in total. The first-order valence-electron chi connectivity index (χ1n) is 6.76. The Balaban J connectivity index is 0.00000289. The summed E-state index contributed by atoms with van der Waals surface area (Å²) in [6.07, 6.45) is 3.79. The summed E-state index contributed by atoms with van der Waals surface area (Å²) in [5.41, 5.74) is 5.99. The van der Waals surface area contributed by atoms with Crippen molar-refractivity contribution in [3.8, 4) is 0 Å². The topological polar surface area (TPSA) is 50.8 Å². The summed E-state index contributed by atoms with van der Waals surface area (Å²) in [6.45, 7) is 10.0. The van der Waals surface area contributed by atoms with Crippen LogP contribution in [0.15, 0.2) is 4.99 Å². The Labute approximate surface area is 128 Å². The van der Waals surface area contributed by atoms with Crippen molar-refractivity contribution in [1.82, 2.24) is 4.90 Å². The van der Waals surface area contributed by atoms with Crippen LogP contribution in [-0.2, 0) is 4.74 Å². The zero-order valence-corrected chi connectivity index (χ0v) is 14.2. The molecule has 108 valence electrons. The van der Waals surface area contributed by atoms with E-state index in [2.05, 4.69) is 16.8 Å². The van der Waals surface area contributed by atoms with Crippen molar-refractivity contribution in [2.75, 3.05) is 26.2 Å². The van der Waals surface area contributed by atoms with Crippen LogP contribution in [-0.4, -0.2) is 43.2 Å². The van der Waals surface area contributed by atoms with Gasteiger partial charge in [-0.2, -0.15) is 0 Å². The molecule has 1 aliphatic heterocycles. The minimum atomic E-state index is 0. The summed E-state index contributed by atoms with van der Waals surface area (Å²) in [6, 6.07) is 0. The summed E-state index contributed by atoms with van der Waals surface area (Å²) in [5.74, 6) is 1.45. The highest BCUT2D eigenvalue weighted by Crippen LogP contribution is 2.14. The summed E-state index contributed by atoms with van der Waals surface area (Å²) in [4.78, 5) is 6.63. The molecule has 0 amide bonds. The number of nitrogens with two attached hydrogens (primary N) is 1. The Morgan fingerprint density at radius 1 is 1.50 bits per heavy atom. The van der Waals surface area contributed by atoms with Crippen LogP contribution in [0.1, 0.15) is 40.0 Å². The molecule has 1 unspecified atom stereocenters. The summed E-state index contributed by atoms with van der Waals surface area (Å²) in [7, 11) is 0. The third kappa shape index (κ3) is 7.41. The van der Waals surface area contributed by atoms with E-state index < -0.39 is 0 Å². The number of nitrogens with zero attached hydrogens (tertiary/aromatic N) is 2. The normalized spacial score (nSPS) is 21.0. The summed E-state index contributed by atoms with van der Waals surface area (Å²) in [5, 5.41) is 0. The van der Waals surface area contributed by atoms with Crippen LogP contribution in [0, 0.1) is 5.92 Å². The van der Waals surface area contributed by atoms with E-state index in [1.54, 1.807) is 0 Å². The maximum absolute atomic E-state index is 5.99. The SMILES string of the molecule is CC1CCCN(C(N)=NCCCOC(C)C)C1.I. The van der Waals surface area contributed by atoms with Crippen LogP contribution in [0.2, 0.25) is 0 Å². The molecule has 0 saturated carbocycles. The molecular weight excluding hydrogens is 341 g/mol. The van der Waals surface area contributed by atoms with Gasteiger partial charge in [0, 0.05) is 26.2 Å². The second-order valence-electron chi connectivity index (χ2n) is 5.21. The molecule has 1 atom stereocenters. The largest absolute Gasteiger partial charge is 0.379 e. The lowest BCUT2D eigenvalue weighted by Crippen LogP contribution is -2.43. The van der Waals surface area contributed by atoms with Gasteiger partial charge in [-0.3, -0.25) is 4.99 Å². The fraction of sp³-hybridized carbons (Fsp3) is 0.923.